The number of amides is 1. The zero-order valence-corrected chi connectivity index (χ0v) is 14.8. The minimum absolute atomic E-state index is 0.133. The molecule has 1 heterocycles. The third kappa shape index (κ3) is 3.40. The quantitative estimate of drug-likeness (QED) is 0.773. The van der Waals surface area contributed by atoms with Crippen molar-refractivity contribution >= 4 is 32.7 Å². The molecule has 0 aliphatic heterocycles. The zero-order valence-electron chi connectivity index (χ0n) is 14.0. The molecule has 0 atom stereocenters. The van der Waals surface area contributed by atoms with Crippen molar-refractivity contribution in [2.45, 2.75) is 11.8 Å². The third-order valence-corrected chi connectivity index (χ3v) is 5.48. The van der Waals surface area contributed by atoms with E-state index in [4.69, 9.17) is 4.42 Å². The average molecular weight is 359 g/mol. The minimum atomic E-state index is -3.52. The third-order valence-electron chi connectivity index (χ3n) is 3.65. The molecule has 2 aromatic carbocycles. The van der Waals surface area contributed by atoms with Gasteiger partial charge in [-0.15, -0.1) is 0 Å². The van der Waals surface area contributed by atoms with Crippen LogP contribution in [0, 0.1) is 6.92 Å². The fraction of sp³-hybridized carbons (Fsp3) is 0.176. The van der Waals surface area contributed by atoms with Crippen molar-refractivity contribution in [2.24, 2.45) is 0 Å². The van der Waals surface area contributed by atoms with Crippen LogP contribution in [0.5, 0.6) is 0 Å². The highest BCUT2D eigenvalue weighted by Gasteiger charge is 2.17. The Kier molecular flexibility index (Phi) is 4.32. The van der Waals surface area contributed by atoms with Crippen LogP contribution in [0.15, 0.2) is 51.8 Å². The minimum Gasteiger partial charge on any atom is -0.441 e. The van der Waals surface area contributed by atoms with E-state index in [9.17, 15) is 13.2 Å². The number of aryl methyl sites for hydroxylation is 1. The van der Waals surface area contributed by atoms with Gasteiger partial charge in [0.1, 0.15) is 5.52 Å². The van der Waals surface area contributed by atoms with Crippen LogP contribution < -0.4 is 5.32 Å². The number of aromatic nitrogens is 1. The van der Waals surface area contributed by atoms with Crippen LogP contribution in [0.25, 0.3) is 11.1 Å². The zero-order chi connectivity index (χ0) is 18.2. The maximum atomic E-state index is 12.3. The number of benzene rings is 2. The molecule has 0 unspecified atom stereocenters. The second kappa shape index (κ2) is 6.30. The van der Waals surface area contributed by atoms with Crippen molar-refractivity contribution in [2.75, 3.05) is 19.4 Å². The maximum absolute atomic E-state index is 12.3. The van der Waals surface area contributed by atoms with Crippen molar-refractivity contribution < 1.29 is 17.6 Å². The standard InChI is InChI=1S/C17H17N3O4S/c1-11-18-15-10-13(6-9-16(15)24-11)19-17(21)12-4-7-14(8-5-12)25(22,23)20(2)3/h4-10H,1-3H3,(H,19,21). The van der Waals surface area contributed by atoms with Crippen molar-refractivity contribution in [3.63, 3.8) is 0 Å². The van der Waals surface area contributed by atoms with E-state index >= 15 is 0 Å². The fourth-order valence-electron chi connectivity index (χ4n) is 2.31. The fourth-order valence-corrected chi connectivity index (χ4v) is 3.21. The number of carbonyl (C=O) groups excluding carboxylic acids is 1. The molecule has 0 aliphatic carbocycles. The second-order valence-corrected chi connectivity index (χ2v) is 7.83. The number of hydrogen-bond donors (Lipinski definition) is 1. The Morgan fingerprint density at radius 2 is 1.80 bits per heavy atom. The highest BCUT2D eigenvalue weighted by Crippen LogP contribution is 2.20. The van der Waals surface area contributed by atoms with Gasteiger partial charge in [0.15, 0.2) is 11.5 Å². The lowest BCUT2D eigenvalue weighted by Gasteiger charge is -2.11. The summed E-state index contributed by atoms with van der Waals surface area (Å²) in [5.74, 6) is 0.213. The van der Waals surface area contributed by atoms with E-state index in [2.05, 4.69) is 10.3 Å². The summed E-state index contributed by atoms with van der Waals surface area (Å²) in [6.07, 6.45) is 0. The molecule has 0 bridgehead atoms. The predicted octanol–water partition coefficient (Wildman–Crippen LogP) is 2.64. The molecular formula is C17H17N3O4S. The molecule has 0 fully saturated rings. The molecule has 8 heteroatoms. The van der Waals surface area contributed by atoms with Gasteiger partial charge in [0.2, 0.25) is 10.0 Å². The molecule has 130 valence electrons. The first-order valence-electron chi connectivity index (χ1n) is 7.48. The van der Waals surface area contributed by atoms with E-state index in [0.29, 0.717) is 28.2 Å². The first-order chi connectivity index (χ1) is 11.8. The lowest BCUT2D eigenvalue weighted by molar-refractivity contribution is 0.102. The number of carbonyl (C=O) groups is 1. The van der Waals surface area contributed by atoms with Crippen molar-refractivity contribution in [3.05, 3.63) is 53.9 Å². The van der Waals surface area contributed by atoms with Crippen LogP contribution >= 0.6 is 0 Å². The van der Waals surface area contributed by atoms with Gasteiger partial charge in [-0.3, -0.25) is 4.79 Å². The number of fused-ring (bicyclic) bond motifs is 1. The summed E-state index contributed by atoms with van der Waals surface area (Å²) in [5.41, 5.74) is 2.24. The Morgan fingerprint density at radius 3 is 2.44 bits per heavy atom. The molecule has 3 rings (SSSR count). The van der Waals surface area contributed by atoms with Gasteiger partial charge in [0.25, 0.3) is 5.91 Å². The molecule has 25 heavy (non-hydrogen) atoms. The highest BCUT2D eigenvalue weighted by molar-refractivity contribution is 7.89. The van der Waals surface area contributed by atoms with E-state index in [1.54, 1.807) is 25.1 Å². The predicted molar refractivity (Wildman–Crippen MR) is 94.0 cm³/mol. The van der Waals surface area contributed by atoms with E-state index in [1.807, 2.05) is 0 Å². The van der Waals surface area contributed by atoms with Crippen LogP contribution in [0.3, 0.4) is 0 Å². The summed E-state index contributed by atoms with van der Waals surface area (Å²) in [7, 11) is -0.605. The van der Waals surface area contributed by atoms with Crippen molar-refractivity contribution in [1.29, 1.82) is 0 Å². The molecule has 1 aromatic heterocycles. The van der Waals surface area contributed by atoms with Gasteiger partial charge in [-0.2, -0.15) is 0 Å². The van der Waals surface area contributed by atoms with Gasteiger partial charge in [-0.05, 0) is 42.5 Å². The molecule has 0 spiro atoms. The number of anilines is 1. The molecule has 3 aromatic rings. The first-order valence-corrected chi connectivity index (χ1v) is 8.92. The largest absolute Gasteiger partial charge is 0.441 e. The molecule has 0 saturated heterocycles. The smallest absolute Gasteiger partial charge is 0.255 e. The lowest BCUT2D eigenvalue weighted by atomic mass is 10.2. The van der Waals surface area contributed by atoms with Crippen molar-refractivity contribution in [3.8, 4) is 0 Å². The Bertz CT molecular complexity index is 1040. The highest BCUT2D eigenvalue weighted by atomic mass is 32.2. The summed E-state index contributed by atoms with van der Waals surface area (Å²) in [5, 5.41) is 2.76. The van der Waals surface area contributed by atoms with Crippen LogP contribution in [-0.2, 0) is 10.0 Å². The summed E-state index contributed by atoms with van der Waals surface area (Å²) in [4.78, 5) is 16.7. The SMILES string of the molecule is Cc1nc2cc(NC(=O)c3ccc(S(=O)(=O)N(C)C)cc3)ccc2o1. The molecular weight excluding hydrogens is 342 g/mol. The van der Waals surface area contributed by atoms with Gasteiger partial charge in [0, 0.05) is 32.3 Å². The number of oxazole rings is 1. The van der Waals surface area contributed by atoms with E-state index in [1.165, 1.54) is 38.4 Å². The summed E-state index contributed by atoms with van der Waals surface area (Å²) in [6.45, 7) is 1.75. The van der Waals surface area contributed by atoms with Gasteiger partial charge < -0.3 is 9.73 Å². The van der Waals surface area contributed by atoms with Crippen LogP contribution in [0.4, 0.5) is 5.69 Å². The molecule has 0 saturated carbocycles. The number of nitrogens with zero attached hydrogens (tertiary/aromatic N) is 2. The summed E-state index contributed by atoms with van der Waals surface area (Å²) >= 11 is 0. The van der Waals surface area contributed by atoms with Gasteiger partial charge in [0.05, 0.1) is 4.90 Å². The van der Waals surface area contributed by atoms with Gasteiger partial charge in [-0.25, -0.2) is 17.7 Å². The average Bonchev–Trinajstić information content (AvgIpc) is 2.94. The van der Waals surface area contributed by atoms with E-state index in [-0.39, 0.29) is 10.8 Å². The van der Waals surface area contributed by atoms with E-state index < -0.39 is 10.0 Å². The summed E-state index contributed by atoms with van der Waals surface area (Å²) in [6, 6.07) is 10.9. The Labute approximate surface area is 145 Å². The van der Waals surface area contributed by atoms with Crippen LogP contribution in [0.2, 0.25) is 0 Å². The second-order valence-electron chi connectivity index (χ2n) is 5.68. The summed E-state index contributed by atoms with van der Waals surface area (Å²) < 4.78 is 30.6. The normalized spacial score (nSPS) is 11.8. The molecule has 1 N–H and O–H groups in total. The number of sulfonamides is 1. The molecule has 0 radical (unpaired) electrons. The topological polar surface area (TPSA) is 92.5 Å². The monoisotopic (exact) mass is 359 g/mol. The van der Waals surface area contributed by atoms with Gasteiger partial charge >= 0.3 is 0 Å². The Balaban J connectivity index is 1.80. The molecule has 7 nitrogen and oxygen atoms in total. The Morgan fingerprint density at radius 1 is 1.12 bits per heavy atom. The van der Waals surface area contributed by atoms with E-state index in [0.717, 1.165) is 4.31 Å². The van der Waals surface area contributed by atoms with Crippen molar-refractivity contribution in [1.82, 2.24) is 9.29 Å². The number of rotatable bonds is 4. The van der Waals surface area contributed by atoms with Crippen LogP contribution in [-0.4, -0.2) is 37.7 Å². The number of nitrogens with one attached hydrogen (secondary N) is 1. The van der Waals surface area contributed by atoms with Gasteiger partial charge in [-0.1, -0.05) is 0 Å². The molecule has 1 amide bonds. The van der Waals surface area contributed by atoms with Crippen LogP contribution in [0.1, 0.15) is 16.2 Å². The maximum Gasteiger partial charge on any atom is 0.255 e. The Hall–Kier alpha value is -2.71. The lowest BCUT2D eigenvalue weighted by Crippen LogP contribution is -2.22. The number of hydrogen-bond acceptors (Lipinski definition) is 5. The molecule has 0 aliphatic rings. The first kappa shape index (κ1) is 17.1.